The monoisotopic (exact) mass is 384 g/mol. The smallest absolute Gasteiger partial charge is 0.238 e. The van der Waals surface area contributed by atoms with Gasteiger partial charge in [0, 0.05) is 45.8 Å². The van der Waals surface area contributed by atoms with Gasteiger partial charge in [-0.2, -0.15) is 11.3 Å². The lowest BCUT2D eigenvalue weighted by Gasteiger charge is -2.34. The zero-order valence-electron chi connectivity index (χ0n) is 15.8. The fraction of sp³-hybridized carbons (Fsp3) is 0.476. The summed E-state index contributed by atoms with van der Waals surface area (Å²) in [6, 6.07) is 10.4. The van der Waals surface area contributed by atoms with Crippen LogP contribution in [0.5, 0.6) is 0 Å². The van der Waals surface area contributed by atoms with Gasteiger partial charge in [-0.05, 0) is 47.4 Å². The number of nitrogens with zero attached hydrogens (tertiary/aromatic N) is 3. The molecule has 0 spiro atoms. The van der Waals surface area contributed by atoms with E-state index in [4.69, 9.17) is 0 Å². The molecule has 4 rings (SSSR count). The molecule has 0 aliphatic carbocycles. The summed E-state index contributed by atoms with van der Waals surface area (Å²) in [5, 5.41) is 7.50. The standard InChI is InChI=1S/C21H28N4OS/c26-21(22-19-5-1-2-6-20(19)25-8-3-4-9-25)16-24-12-10-23(11-13-24)15-18-7-14-27-17-18/h1-2,5-7,14,17H,3-4,8-13,15-16H2,(H,22,26). The normalized spacial score (nSPS) is 18.7. The molecule has 144 valence electrons. The Balaban J connectivity index is 1.27. The molecule has 0 saturated carbocycles. The summed E-state index contributed by atoms with van der Waals surface area (Å²) in [5.41, 5.74) is 3.49. The average molecular weight is 385 g/mol. The number of nitrogens with one attached hydrogen (secondary N) is 1. The van der Waals surface area contributed by atoms with Crippen molar-refractivity contribution in [2.24, 2.45) is 0 Å². The Kier molecular flexibility index (Phi) is 6.07. The van der Waals surface area contributed by atoms with Crippen molar-refractivity contribution in [1.82, 2.24) is 9.80 Å². The van der Waals surface area contributed by atoms with Crippen LogP contribution in [0.25, 0.3) is 0 Å². The molecule has 1 amide bonds. The number of para-hydroxylation sites is 2. The van der Waals surface area contributed by atoms with Crippen LogP contribution < -0.4 is 10.2 Å². The lowest BCUT2D eigenvalue weighted by molar-refractivity contribution is -0.117. The van der Waals surface area contributed by atoms with E-state index in [1.807, 2.05) is 12.1 Å². The van der Waals surface area contributed by atoms with Gasteiger partial charge < -0.3 is 10.2 Å². The Morgan fingerprint density at radius 3 is 2.44 bits per heavy atom. The van der Waals surface area contributed by atoms with E-state index in [2.05, 4.69) is 49.0 Å². The Hall–Kier alpha value is -1.89. The number of benzene rings is 1. The summed E-state index contributed by atoms with van der Waals surface area (Å²) in [5.74, 6) is 0.0907. The highest BCUT2D eigenvalue weighted by atomic mass is 32.1. The first kappa shape index (κ1) is 18.5. The number of hydrogen-bond donors (Lipinski definition) is 1. The van der Waals surface area contributed by atoms with E-state index in [0.29, 0.717) is 6.54 Å². The van der Waals surface area contributed by atoms with E-state index >= 15 is 0 Å². The van der Waals surface area contributed by atoms with Crippen LogP contribution in [0.15, 0.2) is 41.1 Å². The summed E-state index contributed by atoms with van der Waals surface area (Å²) >= 11 is 1.75. The Bertz CT molecular complexity index is 734. The Morgan fingerprint density at radius 2 is 1.70 bits per heavy atom. The molecule has 1 aromatic heterocycles. The number of piperazine rings is 1. The molecule has 6 heteroatoms. The van der Waals surface area contributed by atoms with Crippen molar-refractivity contribution in [3.05, 3.63) is 46.7 Å². The molecule has 2 aliphatic heterocycles. The van der Waals surface area contributed by atoms with Gasteiger partial charge in [0.05, 0.1) is 17.9 Å². The third kappa shape index (κ3) is 4.89. The summed E-state index contributed by atoms with van der Waals surface area (Å²) in [6.45, 7) is 7.60. The summed E-state index contributed by atoms with van der Waals surface area (Å²) in [4.78, 5) is 19.7. The molecule has 0 radical (unpaired) electrons. The second-order valence-electron chi connectivity index (χ2n) is 7.44. The molecule has 2 aliphatic rings. The fourth-order valence-electron chi connectivity index (χ4n) is 3.95. The number of amides is 1. The maximum Gasteiger partial charge on any atom is 0.238 e. The molecular formula is C21H28N4OS. The summed E-state index contributed by atoms with van der Waals surface area (Å²) in [7, 11) is 0. The van der Waals surface area contributed by atoms with E-state index in [-0.39, 0.29) is 5.91 Å². The lowest BCUT2D eigenvalue weighted by Crippen LogP contribution is -2.48. The molecule has 0 unspecified atom stereocenters. The van der Waals surface area contributed by atoms with Crippen LogP contribution >= 0.6 is 11.3 Å². The first-order valence-corrected chi connectivity index (χ1v) is 10.8. The van der Waals surface area contributed by atoms with E-state index in [1.165, 1.54) is 18.4 Å². The highest BCUT2D eigenvalue weighted by Crippen LogP contribution is 2.28. The number of thiophene rings is 1. The van der Waals surface area contributed by atoms with Gasteiger partial charge in [0.2, 0.25) is 5.91 Å². The van der Waals surface area contributed by atoms with Crippen molar-refractivity contribution in [3.63, 3.8) is 0 Å². The van der Waals surface area contributed by atoms with Crippen molar-refractivity contribution in [3.8, 4) is 0 Å². The second kappa shape index (κ2) is 8.87. The van der Waals surface area contributed by atoms with Crippen molar-refractivity contribution in [2.45, 2.75) is 19.4 Å². The molecule has 2 saturated heterocycles. The molecule has 0 bridgehead atoms. The van der Waals surface area contributed by atoms with Gasteiger partial charge in [-0.1, -0.05) is 12.1 Å². The van der Waals surface area contributed by atoms with Crippen molar-refractivity contribution >= 4 is 28.6 Å². The fourth-order valence-corrected chi connectivity index (χ4v) is 4.61. The van der Waals surface area contributed by atoms with Crippen LogP contribution in [0.2, 0.25) is 0 Å². The number of rotatable bonds is 6. The predicted octanol–water partition coefficient (Wildman–Crippen LogP) is 3.10. The molecule has 2 aromatic rings. The van der Waals surface area contributed by atoms with Gasteiger partial charge in [-0.15, -0.1) is 0 Å². The minimum absolute atomic E-state index is 0.0907. The summed E-state index contributed by atoms with van der Waals surface area (Å²) < 4.78 is 0. The molecule has 27 heavy (non-hydrogen) atoms. The number of anilines is 2. The van der Waals surface area contributed by atoms with Gasteiger partial charge in [-0.3, -0.25) is 14.6 Å². The van der Waals surface area contributed by atoms with Gasteiger partial charge in [0.15, 0.2) is 0 Å². The first-order valence-electron chi connectivity index (χ1n) is 9.87. The molecule has 2 fully saturated rings. The van der Waals surface area contributed by atoms with Crippen LogP contribution in [0.4, 0.5) is 11.4 Å². The van der Waals surface area contributed by atoms with Gasteiger partial charge in [-0.25, -0.2) is 0 Å². The molecule has 0 atom stereocenters. The number of hydrogen-bond acceptors (Lipinski definition) is 5. The zero-order chi connectivity index (χ0) is 18.5. The largest absolute Gasteiger partial charge is 0.370 e. The number of carbonyl (C=O) groups is 1. The third-order valence-electron chi connectivity index (χ3n) is 5.44. The van der Waals surface area contributed by atoms with Gasteiger partial charge in [0.1, 0.15) is 0 Å². The lowest BCUT2D eigenvalue weighted by atomic mass is 10.2. The summed E-state index contributed by atoms with van der Waals surface area (Å²) in [6.07, 6.45) is 2.47. The highest BCUT2D eigenvalue weighted by Gasteiger charge is 2.21. The van der Waals surface area contributed by atoms with Crippen molar-refractivity contribution in [1.29, 1.82) is 0 Å². The zero-order valence-corrected chi connectivity index (χ0v) is 16.6. The third-order valence-corrected chi connectivity index (χ3v) is 6.18. The van der Waals surface area contributed by atoms with Gasteiger partial charge >= 0.3 is 0 Å². The maximum absolute atomic E-state index is 12.6. The molecular weight excluding hydrogens is 356 g/mol. The SMILES string of the molecule is O=C(CN1CCN(Cc2ccsc2)CC1)Nc1ccccc1N1CCCC1. The van der Waals surface area contributed by atoms with Crippen molar-refractivity contribution < 1.29 is 4.79 Å². The average Bonchev–Trinajstić information content (AvgIpc) is 3.38. The van der Waals surface area contributed by atoms with E-state index in [1.54, 1.807) is 11.3 Å². The molecule has 1 aromatic carbocycles. The predicted molar refractivity (Wildman–Crippen MR) is 113 cm³/mol. The molecule has 5 nitrogen and oxygen atoms in total. The first-order chi connectivity index (χ1) is 13.3. The van der Waals surface area contributed by atoms with Crippen LogP contribution in [-0.4, -0.2) is 61.5 Å². The Morgan fingerprint density at radius 1 is 0.963 bits per heavy atom. The minimum Gasteiger partial charge on any atom is -0.370 e. The Labute approximate surface area is 165 Å². The van der Waals surface area contributed by atoms with Gasteiger partial charge in [0.25, 0.3) is 0 Å². The van der Waals surface area contributed by atoms with Crippen LogP contribution in [0.1, 0.15) is 18.4 Å². The van der Waals surface area contributed by atoms with Crippen LogP contribution in [-0.2, 0) is 11.3 Å². The molecule has 1 N–H and O–H groups in total. The maximum atomic E-state index is 12.6. The quantitative estimate of drug-likeness (QED) is 0.831. The number of carbonyl (C=O) groups excluding carboxylic acids is 1. The second-order valence-corrected chi connectivity index (χ2v) is 8.22. The van der Waals surface area contributed by atoms with E-state index in [9.17, 15) is 4.79 Å². The van der Waals surface area contributed by atoms with E-state index < -0.39 is 0 Å². The van der Waals surface area contributed by atoms with Crippen LogP contribution in [0.3, 0.4) is 0 Å². The van der Waals surface area contributed by atoms with Crippen molar-refractivity contribution in [2.75, 3.05) is 56.0 Å². The minimum atomic E-state index is 0.0907. The molecule has 3 heterocycles. The highest BCUT2D eigenvalue weighted by molar-refractivity contribution is 7.07. The van der Waals surface area contributed by atoms with E-state index in [0.717, 1.165) is 57.2 Å². The topological polar surface area (TPSA) is 38.8 Å². The van der Waals surface area contributed by atoms with Crippen LogP contribution in [0, 0.1) is 0 Å².